The Labute approximate surface area is 77.5 Å². The first-order chi connectivity index (χ1) is 6.65. The van der Waals surface area contributed by atoms with Crippen molar-refractivity contribution in [3.05, 3.63) is 35.3 Å². The van der Waals surface area contributed by atoms with Gasteiger partial charge in [0.15, 0.2) is 17.5 Å². The molecule has 0 saturated carbocycles. The molecule has 2 nitrogen and oxygen atoms in total. The summed E-state index contributed by atoms with van der Waals surface area (Å²) in [5, 5.41) is 0.281. The smallest absolute Gasteiger partial charge is 0.196 e. The van der Waals surface area contributed by atoms with Crippen LogP contribution in [0.5, 0.6) is 0 Å². The number of hydrogen-bond donors (Lipinski definition) is 2. The maximum Gasteiger partial charge on any atom is 0.196 e. The third-order valence-electron chi connectivity index (χ3n) is 2.12. The van der Waals surface area contributed by atoms with E-state index in [0.717, 1.165) is 6.07 Å². The van der Waals surface area contributed by atoms with Gasteiger partial charge in [-0.05, 0) is 11.6 Å². The van der Waals surface area contributed by atoms with Crippen LogP contribution in [0.4, 0.5) is 13.2 Å². The maximum absolute atomic E-state index is 13.1. The first-order valence-corrected chi connectivity index (χ1v) is 3.98. The second-order valence-corrected chi connectivity index (χ2v) is 2.93. The van der Waals surface area contributed by atoms with Crippen LogP contribution in [0, 0.1) is 17.5 Å². The summed E-state index contributed by atoms with van der Waals surface area (Å²) in [6.07, 6.45) is 1.44. The Morgan fingerprint density at radius 1 is 1.21 bits per heavy atom. The van der Waals surface area contributed by atoms with Crippen LogP contribution in [0.1, 0.15) is 5.56 Å². The molecule has 2 aromatic rings. The molecular weight excluding hydrogens is 193 g/mol. The zero-order valence-electron chi connectivity index (χ0n) is 7.07. The number of H-pyrrole nitrogens is 1. The Bertz CT molecular complexity index is 490. The standard InChI is InChI=1S/C9H7F3N2/c10-6-1-5-4(2-13)3-14-9(5)8(12)7(6)11/h1,3,14H,2,13H2. The predicted molar refractivity (Wildman–Crippen MR) is 46.1 cm³/mol. The van der Waals surface area contributed by atoms with E-state index in [1.54, 1.807) is 0 Å². The Morgan fingerprint density at radius 2 is 1.93 bits per heavy atom. The van der Waals surface area contributed by atoms with Crippen molar-refractivity contribution < 1.29 is 13.2 Å². The van der Waals surface area contributed by atoms with Crippen molar-refractivity contribution in [1.82, 2.24) is 4.98 Å². The molecule has 0 radical (unpaired) electrons. The number of nitrogens with two attached hydrogens (primary N) is 1. The first-order valence-electron chi connectivity index (χ1n) is 3.98. The topological polar surface area (TPSA) is 41.8 Å². The molecule has 74 valence electrons. The average molecular weight is 200 g/mol. The van der Waals surface area contributed by atoms with E-state index in [9.17, 15) is 13.2 Å². The Balaban J connectivity index is 2.86. The summed E-state index contributed by atoms with van der Waals surface area (Å²) in [5.41, 5.74) is 5.84. The molecule has 0 atom stereocenters. The molecule has 0 saturated heterocycles. The highest BCUT2D eigenvalue weighted by Gasteiger charge is 2.16. The van der Waals surface area contributed by atoms with E-state index in [0.29, 0.717) is 5.56 Å². The fourth-order valence-corrected chi connectivity index (χ4v) is 1.40. The molecule has 0 bridgehead atoms. The number of halogens is 3. The third-order valence-corrected chi connectivity index (χ3v) is 2.12. The Morgan fingerprint density at radius 3 is 2.57 bits per heavy atom. The van der Waals surface area contributed by atoms with Crippen LogP contribution in [-0.2, 0) is 6.54 Å². The number of aromatic amines is 1. The fourth-order valence-electron chi connectivity index (χ4n) is 1.40. The number of fused-ring (bicyclic) bond motifs is 1. The van der Waals surface area contributed by atoms with E-state index in [1.807, 2.05) is 0 Å². The number of hydrogen-bond acceptors (Lipinski definition) is 1. The van der Waals surface area contributed by atoms with Gasteiger partial charge in [-0.1, -0.05) is 0 Å². The number of aromatic nitrogens is 1. The van der Waals surface area contributed by atoms with E-state index in [1.165, 1.54) is 6.20 Å². The minimum atomic E-state index is -1.47. The van der Waals surface area contributed by atoms with Gasteiger partial charge in [0, 0.05) is 18.1 Å². The predicted octanol–water partition coefficient (Wildman–Crippen LogP) is 2.04. The van der Waals surface area contributed by atoms with Gasteiger partial charge >= 0.3 is 0 Å². The average Bonchev–Trinajstić information content (AvgIpc) is 2.57. The molecular formula is C9H7F3N2. The molecule has 0 unspecified atom stereocenters. The summed E-state index contributed by atoms with van der Waals surface area (Å²) >= 11 is 0. The third kappa shape index (κ3) is 1.09. The minimum absolute atomic E-state index is 0.0515. The van der Waals surface area contributed by atoms with Crippen molar-refractivity contribution >= 4 is 10.9 Å². The van der Waals surface area contributed by atoms with E-state index >= 15 is 0 Å². The zero-order valence-corrected chi connectivity index (χ0v) is 7.07. The van der Waals surface area contributed by atoms with Crippen LogP contribution in [-0.4, -0.2) is 4.98 Å². The molecule has 0 fully saturated rings. The van der Waals surface area contributed by atoms with Gasteiger partial charge < -0.3 is 10.7 Å². The number of rotatable bonds is 1. The summed E-state index contributed by atoms with van der Waals surface area (Å²) < 4.78 is 38.7. The summed E-state index contributed by atoms with van der Waals surface area (Å²) in [4.78, 5) is 2.51. The first kappa shape index (κ1) is 9.08. The maximum atomic E-state index is 13.1. The van der Waals surface area contributed by atoms with Crippen molar-refractivity contribution in [3.8, 4) is 0 Å². The molecule has 0 spiro atoms. The highest BCUT2D eigenvalue weighted by molar-refractivity contribution is 5.83. The summed E-state index contributed by atoms with van der Waals surface area (Å²) in [6, 6.07) is 0.937. The Kier molecular flexibility index (Phi) is 1.96. The lowest BCUT2D eigenvalue weighted by Crippen LogP contribution is -1.96. The second kappa shape index (κ2) is 3.02. The monoisotopic (exact) mass is 200 g/mol. The van der Waals surface area contributed by atoms with E-state index < -0.39 is 17.5 Å². The molecule has 0 aliphatic rings. The molecule has 0 aliphatic carbocycles. The second-order valence-electron chi connectivity index (χ2n) is 2.93. The van der Waals surface area contributed by atoms with Crippen molar-refractivity contribution in [2.45, 2.75) is 6.54 Å². The molecule has 2 rings (SSSR count). The lowest BCUT2D eigenvalue weighted by atomic mass is 10.1. The summed E-state index contributed by atoms with van der Waals surface area (Å²) in [5.74, 6) is -3.88. The van der Waals surface area contributed by atoms with Crippen LogP contribution in [0.25, 0.3) is 10.9 Å². The van der Waals surface area contributed by atoms with Crippen molar-refractivity contribution in [3.63, 3.8) is 0 Å². The summed E-state index contributed by atoms with van der Waals surface area (Å²) in [7, 11) is 0. The lowest BCUT2D eigenvalue weighted by Gasteiger charge is -1.98. The zero-order chi connectivity index (χ0) is 10.3. The molecule has 1 aromatic carbocycles. The van der Waals surface area contributed by atoms with Crippen molar-refractivity contribution in [2.75, 3.05) is 0 Å². The highest BCUT2D eigenvalue weighted by atomic mass is 19.2. The molecule has 1 aromatic heterocycles. The minimum Gasteiger partial charge on any atom is -0.358 e. The van der Waals surface area contributed by atoms with Gasteiger partial charge in [-0.2, -0.15) is 0 Å². The van der Waals surface area contributed by atoms with Gasteiger partial charge in [0.05, 0.1) is 5.52 Å². The van der Waals surface area contributed by atoms with Crippen LogP contribution >= 0.6 is 0 Å². The number of nitrogens with one attached hydrogen (secondary N) is 1. The lowest BCUT2D eigenvalue weighted by molar-refractivity contribution is 0.453. The van der Waals surface area contributed by atoms with E-state index in [2.05, 4.69) is 4.98 Å². The van der Waals surface area contributed by atoms with Gasteiger partial charge in [-0.25, -0.2) is 13.2 Å². The van der Waals surface area contributed by atoms with E-state index in [-0.39, 0.29) is 17.4 Å². The summed E-state index contributed by atoms with van der Waals surface area (Å²) in [6.45, 7) is 0.143. The van der Waals surface area contributed by atoms with Crippen molar-refractivity contribution in [2.24, 2.45) is 5.73 Å². The van der Waals surface area contributed by atoms with Crippen molar-refractivity contribution in [1.29, 1.82) is 0 Å². The quantitative estimate of drug-likeness (QED) is 0.679. The molecule has 0 aliphatic heterocycles. The molecule has 3 N–H and O–H groups in total. The number of benzene rings is 1. The van der Waals surface area contributed by atoms with Gasteiger partial charge in [-0.3, -0.25) is 0 Å². The van der Waals surface area contributed by atoms with Crippen LogP contribution < -0.4 is 5.73 Å². The SMILES string of the molecule is NCc1c[nH]c2c(F)c(F)c(F)cc12. The fraction of sp³-hybridized carbons (Fsp3) is 0.111. The van der Waals surface area contributed by atoms with Crippen LogP contribution in [0.15, 0.2) is 12.3 Å². The van der Waals surface area contributed by atoms with Gasteiger partial charge in [-0.15, -0.1) is 0 Å². The van der Waals surface area contributed by atoms with E-state index in [4.69, 9.17) is 5.73 Å². The molecule has 1 heterocycles. The largest absolute Gasteiger partial charge is 0.358 e. The van der Waals surface area contributed by atoms with Gasteiger partial charge in [0.1, 0.15) is 0 Å². The normalized spacial score (nSPS) is 11.1. The molecule has 0 amide bonds. The molecule has 5 heteroatoms. The highest BCUT2D eigenvalue weighted by Crippen LogP contribution is 2.24. The molecule has 14 heavy (non-hydrogen) atoms. The van der Waals surface area contributed by atoms with Crippen LogP contribution in [0.2, 0.25) is 0 Å². The van der Waals surface area contributed by atoms with Crippen LogP contribution in [0.3, 0.4) is 0 Å². The van der Waals surface area contributed by atoms with Gasteiger partial charge in [0.25, 0.3) is 0 Å². The Hall–Kier alpha value is -1.49. The van der Waals surface area contributed by atoms with Gasteiger partial charge in [0.2, 0.25) is 0 Å².